The molecule has 11 atom stereocenters. The SMILES string of the molecule is C=CCOC(=O)O[C@H]1[C@H](OCCCCCCCCCC)[C@@H](NC(=O)CC(=O)CCCCCCCCCCC)[C@@H](O)O[C@@H]1CO[C@@H]1O[C@H](COC)[C@@H](OP(=O)(OCC=C)OCC=C)[C@H](OCC[C@@H](CCCCCCC)OC)[C@H]1OCCCCCCCCCCC=CCCCCCC. The first-order chi connectivity index (χ1) is 46.9. The topological polar surface area (TPSA) is 221 Å². The van der Waals surface area contributed by atoms with Crippen molar-refractivity contribution >= 4 is 25.7 Å². The summed E-state index contributed by atoms with van der Waals surface area (Å²) in [5, 5.41) is 14.9. The summed E-state index contributed by atoms with van der Waals surface area (Å²) in [5.41, 5.74) is 0. The Bertz CT molecular complexity index is 1980. The van der Waals surface area contributed by atoms with E-state index in [2.05, 4.69) is 64.9 Å². The molecule has 0 aromatic carbocycles. The van der Waals surface area contributed by atoms with Gasteiger partial charge in [0.1, 0.15) is 55.1 Å². The maximum atomic E-state index is 14.7. The quantitative estimate of drug-likeness (QED) is 0.0190. The molecule has 2 heterocycles. The molecule has 560 valence electrons. The fourth-order valence-electron chi connectivity index (χ4n) is 12.2. The van der Waals surface area contributed by atoms with E-state index in [1.807, 2.05) is 0 Å². The number of amides is 1. The van der Waals surface area contributed by atoms with Crippen LogP contribution in [0.5, 0.6) is 0 Å². The van der Waals surface area contributed by atoms with Crippen molar-refractivity contribution in [2.24, 2.45) is 0 Å². The monoisotopic (exact) mass is 1380 g/mol. The summed E-state index contributed by atoms with van der Waals surface area (Å²) in [6.45, 7) is 19.6. The molecule has 0 aromatic heterocycles. The van der Waals surface area contributed by atoms with Crippen LogP contribution in [-0.2, 0) is 75.1 Å². The fourth-order valence-corrected chi connectivity index (χ4v) is 13.5. The number of phosphoric ester groups is 1. The van der Waals surface area contributed by atoms with Crippen molar-refractivity contribution in [2.75, 3.05) is 67.1 Å². The first-order valence-electron chi connectivity index (χ1n) is 38.1. The van der Waals surface area contributed by atoms with E-state index in [-0.39, 0.29) is 64.6 Å². The summed E-state index contributed by atoms with van der Waals surface area (Å²) < 4.78 is 96.3. The van der Waals surface area contributed by atoms with Crippen molar-refractivity contribution in [3.05, 3.63) is 50.1 Å². The lowest BCUT2D eigenvalue weighted by molar-refractivity contribution is -0.329. The molecule has 1 amide bonds. The van der Waals surface area contributed by atoms with Crippen LogP contribution >= 0.6 is 7.82 Å². The van der Waals surface area contributed by atoms with Gasteiger partial charge in [-0.2, -0.15) is 0 Å². The molecule has 2 saturated heterocycles. The number of unbranched alkanes of at least 4 members (excludes halogenated alkanes) is 31. The molecule has 0 aliphatic carbocycles. The molecule has 19 nitrogen and oxygen atoms in total. The number of Topliss-reactive ketones (excluding diaryl/α,β-unsaturated/α-hetero) is 1. The standard InChI is InChI=1S/C76H138NO18P/c1-10-17-21-25-28-31-32-33-34-35-36-37-39-42-46-50-58-86-73-72(87-59-53-64(84-9)52-48-43-24-20-13-4)70(95-96(82,90-55-15-6)91-56-16-7)65(61-83-8)93-75(73)89-62-66-69(94-76(81)88-54-14-5)71(85-57-49-45-41-30-27-23-19-12-3)68(74(80)92-66)77-67(79)60-63(78)51-47-44-40-38-29-26-22-18-11-2/h14-16,31-32,64-66,68-75,80H,5-7,10-13,17-30,33-62H2,1-4,8-9H3,(H,77,79)/t64-,65-,66-,68-,69-,70-,71-,72+,73-,74+,75-/m1/s1. The van der Waals surface area contributed by atoms with E-state index < -0.39 is 94.3 Å². The summed E-state index contributed by atoms with van der Waals surface area (Å²) >= 11 is 0. The van der Waals surface area contributed by atoms with Crippen LogP contribution in [0.4, 0.5) is 4.79 Å². The van der Waals surface area contributed by atoms with E-state index in [0.29, 0.717) is 25.7 Å². The number of carbonyl (C=O) groups is 3. The van der Waals surface area contributed by atoms with Crippen LogP contribution in [0.1, 0.15) is 285 Å². The third kappa shape index (κ3) is 42.4. The van der Waals surface area contributed by atoms with Gasteiger partial charge in [-0.3, -0.25) is 23.2 Å². The van der Waals surface area contributed by atoms with Crippen LogP contribution in [0.25, 0.3) is 0 Å². The summed E-state index contributed by atoms with van der Waals surface area (Å²) in [7, 11) is -1.22. The van der Waals surface area contributed by atoms with Gasteiger partial charge in [0, 0.05) is 40.5 Å². The lowest BCUT2D eigenvalue weighted by atomic mass is 9.95. The molecule has 2 fully saturated rings. The van der Waals surface area contributed by atoms with Gasteiger partial charge in [0.05, 0.1) is 39.0 Å². The molecule has 2 rings (SSSR count). The van der Waals surface area contributed by atoms with Crippen molar-refractivity contribution in [3.8, 4) is 0 Å². The van der Waals surface area contributed by atoms with Gasteiger partial charge in [0.15, 0.2) is 18.7 Å². The van der Waals surface area contributed by atoms with Crippen LogP contribution in [0, 0.1) is 0 Å². The van der Waals surface area contributed by atoms with Gasteiger partial charge < -0.3 is 57.8 Å². The van der Waals surface area contributed by atoms with Crippen LogP contribution < -0.4 is 5.32 Å². The maximum Gasteiger partial charge on any atom is 0.509 e. The zero-order chi connectivity index (χ0) is 70.0. The molecule has 20 heteroatoms. The van der Waals surface area contributed by atoms with Gasteiger partial charge in [-0.25, -0.2) is 9.36 Å². The lowest BCUT2D eigenvalue weighted by Crippen LogP contribution is -2.66. The molecule has 2 aliphatic heterocycles. The van der Waals surface area contributed by atoms with Crippen molar-refractivity contribution in [1.82, 2.24) is 5.32 Å². The summed E-state index contributed by atoms with van der Waals surface area (Å²) in [5.74, 6) is -0.855. The number of hydrogen-bond donors (Lipinski definition) is 2. The third-order valence-corrected chi connectivity index (χ3v) is 19.2. The normalized spacial score (nSPS) is 21.7. The molecule has 0 saturated carbocycles. The van der Waals surface area contributed by atoms with Gasteiger partial charge in [0.25, 0.3) is 0 Å². The number of aliphatic hydroxyl groups is 1. The van der Waals surface area contributed by atoms with Gasteiger partial charge in [-0.05, 0) is 57.8 Å². The van der Waals surface area contributed by atoms with E-state index >= 15 is 0 Å². The van der Waals surface area contributed by atoms with Crippen molar-refractivity contribution < 1.29 is 85.0 Å². The molecular formula is C76H138NO18P. The predicted octanol–water partition coefficient (Wildman–Crippen LogP) is 18.2. The number of allylic oxidation sites excluding steroid dienone is 2. The number of rotatable bonds is 67. The smallest absolute Gasteiger partial charge is 0.430 e. The number of ketones is 1. The zero-order valence-corrected chi connectivity index (χ0v) is 62.0. The minimum Gasteiger partial charge on any atom is -0.430 e. The molecule has 0 spiro atoms. The maximum absolute atomic E-state index is 14.7. The van der Waals surface area contributed by atoms with Crippen molar-refractivity contribution in [2.45, 2.75) is 352 Å². The Kier molecular flexibility index (Phi) is 56.5. The lowest BCUT2D eigenvalue weighted by Gasteiger charge is -2.47. The van der Waals surface area contributed by atoms with Gasteiger partial charge in [-0.15, -0.1) is 13.2 Å². The number of methoxy groups -OCH3 is 2. The Morgan fingerprint density at radius 3 is 1.50 bits per heavy atom. The summed E-state index contributed by atoms with van der Waals surface area (Å²) in [6, 6.07) is -1.30. The van der Waals surface area contributed by atoms with Crippen molar-refractivity contribution in [3.63, 3.8) is 0 Å². The van der Waals surface area contributed by atoms with E-state index in [1.54, 1.807) is 7.11 Å². The number of carbonyl (C=O) groups excluding carboxylic acids is 3. The van der Waals surface area contributed by atoms with Crippen LogP contribution in [0.2, 0.25) is 0 Å². The number of aliphatic hydroxyl groups excluding tert-OH is 1. The molecule has 0 unspecified atom stereocenters. The average Bonchev–Trinajstić information content (AvgIpc) is 0.790. The number of ether oxygens (including phenoxy) is 10. The summed E-state index contributed by atoms with van der Waals surface area (Å²) in [6.07, 6.45) is 37.1. The minimum absolute atomic E-state index is 0.106. The average molecular weight is 1380 g/mol. The first-order valence-corrected chi connectivity index (χ1v) is 39.5. The van der Waals surface area contributed by atoms with E-state index in [0.717, 1.165) is 116 Å². The fraction of sp³-hybridized carbons (Fsp3) is 0.855. The molecule has 0 radical (unpaired) electrons. The second-order valence-electron chi connectivity index (χ2n) is 26.2. The highest BCUT2D eigenvalue weighted by Gasteiger charge is 2.54. The highest BCUT2D eigenvalue weighted by atomic mass is 31.2. The van der Waals surface area contributed by atoms with E-state index in [1.165, 1.54) is 128 Å². The number of phosphoric acid groups is 1. The highest BCUT2D eigenvalue weighted by Crippen LogP contribution is 2.53. The van der Waals surface area contributed by atoms with Crippen LogP contribution in [0.15, 0.2) is 50.1 Å². The zero-order valence-electron chi connectivity index (χ0n) is 61.1. The molecule has 0 bridgehead atoms. The molecule has 2 N–H and O–H groups in total. The highest BCUT2D eigenvalue weighted by molar-refractivity contribution is 7.48. The van der Waals surface area contributed by atoms with E-state index in [9.17, 15) is 24.1 Å². The summed E-state index contributed by atoms with van der Waals surface area (Å²) in [4.78, 5) is 40.9. The van der Waals surface area contributed by atoms with Gasteiger partial charge >= 0.3 is 14.0 Å². The second kappa shape index (κ2) is 60.8. The molecule has 0 aromatic rings. The van der Waals surface area contributed by atoms with E-state index in [4.69, 9.17) is 60.9 Å². The molecule has 96 heavy (non-hydrogen) atoms. The Morgan fingerprint density at radius 1 is 0.510 bits per heavy atom. The van der Waals surface area contributed by atoms with Crippen LogP contribution in [-0.4, -0.2) is 157 Å². The van der Waals surface area contributed by atoms with Crippen LogP contribution in [0.3, 0.4) is 0 Å². The Hall–Kier alpha value is -2.88. The van der Waals surface area contributed by atoms with Gasteiger partial charge in [0.2, 0.25) is 5.91 Å². The Morgan fingerprint density at radius 2 is 0.979 bits per heavy atom. The number of hydrogen-bond acceptors (Lipinski definition) is 18. The third-order valence-electron chi connectivity index (χ3n) is 17.7. The largest absolute Gasteiger partial charge is 0.509 e. The number of nitrogens with one attached hydrogen (secondary N) is 1. The Labute approximate surface area is 582 Å². The second-order valence-corrected chi connectivity index (χ2v) is 27.8. The molecular weight excluding hydrogens is 1250 g/mol. The predicted molar refractivity (Wildman–Crippen MR) is 382 cm³/mol. The van der Waals surface area contributed by atoms with Gasteiger partial charge in [-0.1, -0.05) is 251 Å². The minimum atomic E-state index is -4.41. The van der Waals surface area contributed by atoms with Crippen molar-refractivity contribution in [1.29, 1.82) is 0 Å². The first kappa shape index (κ1) is 89.2. The Balaban J connectivity index is 2.61. The molecule has 2 aliphatic rings.